The third-order valence-corrected chi connectivity index (χ3v) is 6.50. The highest BCUT2D eigenvalue weighted by Crippen LogP contribution is 2.27. The third-order valence-electron chi connectivity index (χ3n) is 4.62. The van der Waals surface area contributed by atoms with Crippen molar-refractivity contribution in [3.8, 4) is 9.88 Å². The lowest BCUT2D eigenvalue weighted by atomic mass is 10.1. The summed E-state index contributed by atoms with van der Waals surface area (Å²) < 4.78 is 0. The average molecular weight is 384 g/mol. The first kappa shape index (κ1) is 17.4. The van der Waals surface area contributed by atoms with Crippen LogP contribution in [0.5, 0.6) is 0 Å². The Balaban J connectivity index is 1.40. The van der Waals surface area contributed by atoms with Crippen molar-refractivity contribution in [1.29, 1.82) is 0 Å². The summed E-state index contributed by atoms with van der Waals surface area (Å²) >= 11 is 3.15. The van der Waals surface area contributed by atoms with Crippen molar-refractivity contribution in [3.63, 3.8) is 0 Å². The molecule has 6 heteroatoms. The number of thiazole rings is 1. The SMILES string of the molecule is O=C(NCc1ccccc1CN1CCCC1)c1csc(-c2cccs2)n1. The Morgan fingerprint density at radius 3 is 2.65 bits per heavy atom. The fraction of sp³-hybridized carbons (Fsp3) is 0.300. The summed E-state index contributed by atoms with van der Waals surface area (Å²) in [6.07, 6.45) is 2.57. The Kier molecular flexibility index (Phi) is 5.43. The average Bonchev–Trinajstić information content (AvgIpc) is 3.41. The number of hydrogen-bond donors (Lipinski definition) is 1. The predicted molar refractivity (Wildman–Crippen MR) is 108 cm³/mol. The fourth-order valence-corrected chi connectivity index (χ4v) is 4.84. The second kappa shape index (κ2) is 8.12. The Morgan fingerprint density at radius 1 is 1.08 bits per heavy atom. The molecule has 0 atom stereocenters. The second-order valence-corrected chi connectivity index (χ2v) is 8.26. The van der Waals surface area contributed by atoms with Gasteiger partial charge in [0.25, 0.3) is 5.91 Å². The molecule has 0 bridgehead atoms. The smallest absolute Gasteiger partial charge is 0.271 e. The standard InChI is InChI=1S/C20H21N3OS2/c24-19(17-14-26-20(22-17)18-8-5-11-25-18)21-12-15-6-1-2-7-16(15)13-23-9-3-4-10-23/h1-2,5-8,11,14H,3-4,9-10,12-13H2,(H,21,24). The van der Waals surface area contributed by atoms with Crippen LogP contribution in [0.15, 0.2) is 47.2 Å². The first-order valence-corrected chi connectivity index (χ1v) is 10.6. The number of carbonyl (C=O) groups is 1. The number of likely N-dealkylation sites (tertiary alicyclic amines) is 1. The van der Waals surface area contributed by atoms with E-state index in [9.17, 15) is 4.79 Å². The highest BCUT2D eigenvalue weighted by Gasteiger charge is 2.15. The molecule has 0 unspecified atom stereocenters. The van der Waals surface area contributed by atoms with Crippen LogP contribution in [0.4, 0.5) is 0 Å². The van der Waals surface area contributed by atoms with Gasteiger partial charge in [-0.1, -0.05) is 30.3 Å². The molecule has 2 aromatic heterocycles. The van der Waals surface area contributed by atoms with E-state index in [1.165, 1.54) is 48.4 Å². The van der Waals surface area contributed by atoms with Crippen LogP contribution in [0.1, 0.15) is 34.5 Å². The number of nitrogens with zero attached hydrogens (tertiary/aromatic N) is 2. The molecule has 1 aliphatic rings. The number of thiophene rings is 1. The van der Waals surface area contributed by atoms with Crippen LogP contribution in [-0.2, 0) is 13.1 Å². The first-order chi connectivity index (χ1) is 12.8. The number of nitrogens with one attached hydrogen (secondary N) is 1. The summed E-state index contributed by atoms with van der Waals surface area (Å²) in [5.74, 6) is -0.111. The quantitative estimate of drug-likeness (QED) is 0.686. The summed E-state index contributed by atoms with van der Waals surface area (Å²) in [5, 5.41) is 7.79. The van der Waals surface area contributed by atoms with Gasteiger partial charge >= 0.3 is 0 Å². The molecule has 4 rings (SSSR count). The lowest BCUT2D eigenvalue weighted by Gasteiger charge is -2.17. The zero-order valence-electron chi connectivity index (χ0n) is 14.5. The lowest BCUT2D eigenvalue weighted by molar-refractivity contribution is 0.0946. The van der Waals surface area contributed by atoms with Gasteiger partial charge in [0.2, 0.25) is 0 Å². The van der Waals surface area contributed by atoms with E-state index in [1.54, 1.807) is 11.3 Å². The maximum atomic E-state index is 12.5. The second-order valence-electron chi connectivity index (χ2n) is 6.45. The number of hydrogen-bond acceptors (Lipinski definition) is 5. The summed E-state index contributed by atoms with van der Waals surface area (Å²) in [7, 11) is 0. The van der Waals surface area contributed by atoms with E-state index < -0.39 is 0 Å². The van der Waals surface area contributed by atoms with Gasteiger partial charge in [0.05, 0.1) is 4.88 Å². The Morgan fingerprint density at radius 2 is 1.88 bits per heavy atom. The topological polar surface area (TPSA) is 45.2 Å². The summed E-state index contributed by atoms with van der Waals surface area (Å²) in [5.41, 5.74) is 2.98. The minimum absolute atomic E-state index is 0.111. The minimum atomic E-state index is -0.111. The molecule has 3 aromatic rings. The normalized spacial score (nSPS) is 14.6. The molecule has 1 saturated heterocycles. The van der Waals surface area contributed by atoms with Crippen LogP contribution in [0.25, 0.3) is 9.88 Å². The van der Waals surface area contributed by atoms with E-state index in [0.717, 1.165) is 16.4 Å². The van der Waals surface area contributed by atoms with Gasteiger partial charge in [0.15, 0.2) is 0 Å². The zero-order valence-corrected chi connectivity index (χ0v) is 16.1. The molecular weight excluding hydrogens is 362 g/mol. The van der Waals surface area contributed by atoms with Crippen LogP contribution >= 0.6 is 22.7 Å². The van der Waals surface area contributed by atoms with Crippen molar-refractivity contribution in [2.45, 2.75) is 25.9 Å². The molecule has 1 N–H and O–H groups in total. The van der Waals surface area contributed by atoms with Crippen LogP contribution in [0.3, 0.4) is 0 Å². The number of aromatic nitrogens is 1. The molecule has 26 heavy (non-hydrogen) atoms. The van der Waals surface area contributed by atoms with Crippen LogP contribution in [0, 0.1) is 0 Å². The van der Waals surface area contributed by atoms with E-state index >= 15 is 0 Å². The van der Waals surface area contributed by atoms with Crippen molar-refractivity contribution in [3.05, 3.63) is 64.0 Å². The predicted octanol–water partition coefficient (Wildman–Crippen LogP) is 4.40. The molecule has 1 aliphatic heterocycles. The zero-order chi connectivity index (χ0) is 17.8. The van der Waals surface area contributed by atoms with E-state index in [0.29, 0.717) is 12.2 Å². The molecule has 1 fully saturated rings. The lowest BCUT2D eigenvalue weighted by Crippen LogP contribution is -2.25. The van der Waals surface area contributed by atoms with Gasteiger partial charge in [-0.15, -0.1) is 22.7 Å². The van der Waals surface area contributed by atoms with Crippen molar-refractivity contribution >= 4 is 28.6 Å². The largest absolute Gasteiger partial charge is 0.347 e. The maximum Gasteiger partial charge on any atom is 0.271 e. The van der Waals surface area contributed by atoms with E-state index in [2.05, 4.69) is 33.4 Å². The van der Waals surface area contributed by atoms with Gasteiger partial charge in [-0.25, -0.2) is 4.98 Å². The Hall–Kier alpha value is -2.02. The van der Waals surface area contributed by atoms with Crippen LogP contribution in [0.2, 0.25) is 0 Å². The first-order valence-electron chi connectivity index (χ1n) is 8.86. The molecular formula is C20H21N3OS2. The molecule has 0 radical (unpaired) electrons. The number of benzene rings is 1. The number of amides is 1. The van der Waals surface area contributed by atoms with Crippen LogP contribution in [-0.4, -0.2) is 28.9 Å². The Labute approximate surface area is 161 Å². The number of rotatable bonds is 6. The van der Waals surface area contributed by atoms with Gasteiger partial charge in [-0.3, -0.25) is 9.69 Å². The van der Waals surface area contributed by atoms with Crippen LogP contribution < -0.4 is 5.32 Å². The molecule has 0 aliphatic carbocycles. The molecule has 3 heterocycles. The van der Waals surface area contributed by atoms with Gasteiger partial charge in [-0.2, -0.15) is 0 Å². The highest BCUT2D eigenvalue weighted by atomic mass is 32.1. The minimum Gasteiger partial charge on any atom is -0.347 e. The van der Waals surface area contributed by atoms with E-state index in [4.69, 9.17) is 0 Å². The molecule has 134 valence electrons. The summed E-state index contributed by atoms with van der Waals surface area (Å²) in [6.45, 7) is 3.84. The van der Waals surface area contributed by atoms with E-state index in [1.807, 2.05) is 29.0 Å². The molecule has 4 nitrogen and oxygen atoms in total. The maximum absolute atomic E-state index is 12.5. The molecule has 0 saturated carbocycles. The number of carbonyl (C=O) groups excluding carboxylic acids is 1. The molecule has 1 amide bonds. The van der Waals surface area contributed by atoms with Gasteiger partial charge in [0.1, 0.15) is 10.7 Å². The van der Waals surface area contributed by atoms with Crippen molar-refractivity contribution in [1.82, 2.24) is 15.2 Å². The summed E-state index contributed by atoms with van der Waals surface area (Å²) in [4.78, 5) is 20.5. The fourth-order valence-electron chi connectivity index (χ4n) is 3.22. The van der Waals surface area contributed by atoms with E-state index in [-0.39, 0.29) is 5.91 Å². The van der Waals surface area contributed by atoms with Crippen molar-refractivity contribution in [2.75, 3.05) is 13.1 Å². The monoisotopic (exact) mass is 383 g/mol. The van der Waals surface area contributed by atoms with Crippen molar-refractivity contribution < 1.29 is 4.79 Å². The Bertz CT molecular complexity index is 867. The third kappa shape index (κ3) is 4.03. The summed E-state index contributed by atoms with van der Waals surface area (Å²) in [6, 6.07) is 12.4. The van der Waals surface area contributed by atoms with Gasteiger partial charge < -0.3 is 5.32 Å². The molecule has 0 spiro atoms. The van der Waals surface area contributed by atoms with Crippen molar-refractivity contribution in [2.24, 2.45) is 0 Å². The molecule has 1 aromatic carbocycles. The van der Waals surface area contributed by atoms with Gasteiger partial charge in [-0.05, 0) is 48.5 Å². The van der Waals surface area contributed by atoms with Gasteiger partial charge in [0, 0.05) is 18.5 Å². The highest BCUT2D eigenvalue weighted by molar-refractivity contribution is 7.20.